The fourth-order valence-corrected chi connectivity index (χ4v) is 2.15. The van der Waals surface area contributed by atoms with E-state index in [0.717, 1.165) is 23.6 Å². The lowest BCUT2D eigenvalue weighted by atomic mass is 10.1. The summed E-state index contributed by atoms with van der Waals surface area (Å²) in [6.45, 7) is 2.52. The molecule has 0 saturated carbocycles. The van der Waals surface area contributed by atoms with E-state index in [9.17, 15) is 4.79 Å². The number of nitrogens with two attached hydrogens (primary N) is 1. The van der Waals surface area contributed by atoms with Crippen molar-refractivity contribution in [3.8, 4) is 0 Å². The van der Waals surface area contributed by atoms with Crippen LogP contribution in [0.4, 0.5) is 0 Å². The second kappa shape index (κ2) is 6.29. The van der Waals surface area contributed by atoms with Gasteiger partial charge in [-0.3, -0.25) is 9.78 Å². The molecule has 0 aliphatic carbocycles. The van der Waals surface area contributed by atoms with Crippen molar-refractivity contribution < 1.29 is 4.79 Å². The molecule has 0 bridgehead atoms. The van der Waals surface area contributed by atoms with Crippen LogP contribution in [0.25, 0.3) is 10.8 Å². The Morgan fingerprint density at radius 1 is 1.37 bits per heavy atom. The van der Waals surface area contributed by atoms with Crippen molar-refractivity contribution in [3.05, 3.63) is 42.2 Å². The number of nitrogens with one attached hydrogen (secondary N) is 1. The molecular formula is C15H19N3O. The van der Waals surface area contributed by atoms with Gasteiger partial charge in [-0.1, -0.05) is 37.6 Å². The number of rotatable bonds is 5. The lowest BCUT2D eigenvalue weighted by Crippen LogP contribution is -2.40. The summed E-state index contributed by atoms with van der Waals surface area (Å²) in [6, 6.07) is 9.66. The molecule has 100 valence electrons. The van der Waals surface area contributed by atoms with E-state index in [1.54, 1.807) is 6.20 Å². The first-order chi connectivity index (χ1) is 9.26. The zero-order valence-corrected chi connectivity index (χ0v) is 11.1. The lowest BCUT2D eigenvalue weighted by molar-refractivity contribution is 0.0933. The summed E-state index contributed by atoms with van der Waals surface area (Å²) in [5.74, 6) is -0.152. The van der Waals surface area contributed by atoms with Crippen molar-refractivity contribution in [1.29, 1.82) is 0 Å². The third-order valence-electron chi connectivity index (χ3n) is 3.15. The van der Waals surface area contributed by atoms with Crippen LogP contribution in [-0.4, -0.2) is 23.5 Å². The first-order valence-electron chi connectivity index (χ1n) is 6.61. The fraction of sp³-hybridized carbons (Fsp3) is 0.333. The van der Waals surface area contributed by atoms with E-state index < -0.39 is 0 Å². The number of carbonyl (C=O) groups is 1. The molecule has 0 spiro atoms. The maximum absolute atomic E-state index is 12.3. The number of aromatic nitrogens is 1. The topological polar surface area (TPSA) is 68.0 Å². The number of benzene rings is 1. The van der Waals surface area contributed by atoms with Crippen LogP contribution in [0, 0.1) is 0 Å². The second-order valence-electron chi connectivity index (χ2n) is 4.58. The summed E-state index contributed by atoms with van der Waals surface area (Å²) >= 11 is 0. The van der Waals surface area contributed by atoms with Crippen LogP contribution in [0.5, 0.6) is 0 Å². The third-order valence-corrected chi connectivity index (χ3v) is 3.15. The van der Waals surface area contributed by atoms with E-state index in [4.69, 9.17) is 5.73 Å². The molecule has 19 heavy (non-hydrogen) atoms. The summed E-state index contributed by atoms with van der Waals surface area (Å²) in [7, 11) is 0. The van der Waals surface area contributed by atoms with Gasteiger partial charge in [-0.2, -0.15) is 0 Å². The van der Waals surface area contributed by atoms with Crippen molar-refractivity contribution in [2.75, 3.05) is 6.54 Å². The van der Waals surface area contributed by atoms with Gasteiger partial charge in [0.1, 0.15) is 5.69 Å². The fourth-order valence-electron chi connectivity index (χ4n) is 2.15. The van der Waals surface area contributed by atoms with Crippen LogP contribution < -0.4 is 11.1 Å². The van der Waals surface area contributed by atoms with Gasteiger partial charge >= 0.3 is 0 Å². The van der Waals surface area contributed by atoms with Crippen molar-refractivity contribution in [3.63, 3.8) is 0 Å². The molecule has 4 heteroatoms. The number of hydrogen-bond acceptors (Lipinski definition) is 3. The molecule has 2 rings (SSSR count). The minimum Gasteiger partial charge on any atom is -0.347 e. The standard InChI is InChI=1S/C15H19N3O/c1-2-5-12(10-16)18-15(19)14-13-7-4-3-6-11(13)8-9-17-14/h3-4,6-9,12H,2,5,10,16H2,1H3,(H,18,19). The van der Waals surface area contributed by atoms with Crippen LogP contribution in [0.15, 0.2) is 36.5 Å². The molecule has 1 aromatic carbocycles. The Balaban J connectivity index is 2.26. The summed E-state index contributed by atoms with van der Waals surface area (Å²) in [5, 5.41) is 4.84. The van der Waals surface area contributed by atoms with Crippen LogP contribution in [0.2, 0.25) is 0 Å². The highest BCUT2D eigenvalue weighted by Gasteiger charge is 2.15. The third kappa shape index (κ3) is 3.09. The number of hydrogen-bond donors (Lipinski definition) is 2. The predicted octanol–water partition coefficient (Wildman–Crippen LogP) is 2.09. The zero-order valence-electron chi connectivity index (χ0n) is 11.1. The van der Waals surface area contributed by atoms with Gasteiger partial charge in [-0.15, -0.1) is 0 Å². The van der Waals surface area contributed by atoms with Gasteiger partial charge in [-0.25, -0.2) is 0 Å². The Labute approximate surface area is 113 Å². The summed E-state index contributed by atoms with van der Waals surface area (Å²) < 4.78 is 0. The van der Waals surface area contributed by atoms with Gasteiger partial charge < -0.3 is 11.1 Å². The van der Waals surface area contributed by atoms with Crippen LogP contribution in [0.3, 0.4) is 0 Å². The van der Waals surface area contributed by atoms with Gasteiger partial charge in [-0.05, 0) is 17.9 Å². The lowest BCUT2D eigenvalue weighted by Gasteiger charge is -2.16. The zero-order chi connectivity index (χ0) is 13.7. The molecule has 1 atom stereocenters. The number of amides is 1. The molecule has 2 aromatic rings. The molecule has 1 heterocycles. The van der Waals surface area contributed by atoms with Gasteiger partial charge in [0, 0.05) is 24.2 Å². The average molecular weight is 257 g/mol. The summed E-state index contributed by atoms with van der Waals surface area (Å²) in [4.78, 5) is 16.5. The molecule has 0 radical (unpaired) electrons. The summed E-state index contributed by atoms with van der Waals surface area (Å²) in [6.07, 6.45) is 3.53. The highest BCUT2D eigenvalue weighted by atomic mass is 16.1. The minimum absolute atomic E-state index is 0.0123. The highest BCUT2D eigenvalue weighted by molar-refractivity contribution is 6.05. The van der Waals surface area contributed by atoms with Gasteiger partial charge in [0.05, 0.1) is 0 Å². The SMILES string of the molecule is CCCC(CN)NC(=O)c1nccc2ccccc12. The Morgan fingerprint density at radius 2 is 2.16 bits per heavy atom. The van der Waals surface area contributed by atoms with Crippen LogP contribution in [-0.2, 0) is 0 Å². The molecule has 1 unspecified atom stereocenters. The van der Waals surface area contributed by atoms with Gasteiger partial charge in [0.25, 0.3) is 5.91 Å². The van der Waals surface area contributed by atoms with E-state index in [1.807, 2.05) is 30.3 Å². The number of nitrogens with zero attached hydrogens (tertiary/aromatic N) is 1. The molecule has 1 amide bonds. The van der Waals surface area contributed by atoms with Gasteiger partial charge in [0.15, 0.2) is 0 Å². The molecule has 0 saturated heterocycles. The number of carbonyl (C=O) groups excluding carboxylic acids is 1. The molecule has 0 aliphatic rings. The molecule has 4 nitrogen and oxygen atoms in total. The van der Waals surface area contributed by atoms with E-state index >= 15 is 0 Å². The minimum atomic E-state index is -0.152. The van der Waals surface area contributed by atoms with Crippen LogP contribution in [0.1, 0.15) is 30.3 Å². The van der Waals surface area contributed by atoms with Crippen molar-refractivity contribution in [2.24, 2.45) is 5.73 Å². The van der Waals surface area contributed by atoms with Gasteiger partial charge in [0.2, 0.25) is 0 Å². The molecule has 0 fully saturated rings. The molecular weight excluding hydrogens is 238 g/mol. The first-order valence-corrected chi connectivity index (χ1v) is 6.61. The maximum atomic E-state index is 12.3. The predicted molar refractivity (Wildman–Crippen MR) is 77.0 cm³/mol. The first kappa shape index (κ1) is 13.5. The van der Waals surface area contributed by atoms with E-state index in [2.05, 4.69) is 17.2 Å². The number of pyridine rings is 1. The monoisotopic (exact) mass is 257 g/mol. The normalized spacial score (nSPS) is 12.3. The smallest absolute Gasteiger partial charge is 0.270 e. The van der Waals surface area contributed by atoms with E-state index in [0.29, 0.717) is 12.2 Å². The number of fused-ring (bicyclic) bond motifs is 1. The maximum Gasteiger partial charge on any atom is 0.270 e. The van der Waals surface area contributed by atoms with E-state index in [-0.39, 0.29) is 11.9 Å². The van der Waals surface area contributed by atoms with Crippen molar-refractivity contribution in [2.45, 2.75) is 25.8 Å². The highest BCUT2D eigenvalue weighted by Crippen LogP contribution is 2.16. The Bertz CT molecular complexity index is 563. The van der Waals surface area contributed by atoms with E-state index in [1.165, 1.54) is 0 Å². The van der Waals surface area contributed by atoms with Crippen molar-refractivity contribution in [1.82, 2.24) is 10.3 Å². The quantitative estimate of drug-likeness (QED) is 0.861. The summed E-state index contributed by atoms with van der Waals surface area (Å²) in [5.41, 5.74) is 6.13. The average Bonchev–Trinajstić information content (AvgIpc) is 2.46. The Kier molecular flexibility index (Phi) is 4.47. The second-order valence-corrected chi connectivity index (χ2v) is 4.58. The molecule has 0 aliphatic heterocycles. The Morgan fingerprint density at radius 3 is 2.89 bits per heavy atom. The molecule has 3 N–H and O–H groups in total. The Hall–Kier alpha value is -1.94. The van der Waals surface area contributed by atoms with Crippen LogP contribution >= 0.6 is 0 Å². The van der Waals surface area contributed by atoms with Crippen molar-refractivity contribution >= 4 is 16.7 Å². The molecule has 1 aromatic heterocycles. The largest absolute Gasteiger partial charge is 0.347 e.